The van der Waals surface area contributed by atoms with E-state index >= 15 is 0 Å². The number of amides is 2. The second-order valence-electron chi connectivity index (χ2n) is 6.97. The van der Waals surface area contributed by atoms with E-state index in [0.717, 1.165) is 12.8 Å². The van der Waals surface area contributed by atoms with Crippen LogP contribution >= 0.6 is 0 Å². The fourth-order valence-corrected chi connectivity index (χ4v) is 3.37. The minimum Gasteiger partial charge on any atom is -0.427 e. The Morgan fingerprint density at radius 1 is 1.22 bits per heavy atom. The number of nitrogens with zero attached hydrogens (tertiary/aromatic N) is 1. The lowest BCUT2D eigenvalue weighted by Gasteiger charge is -2.13. The number of likely N-dealkylation sites (N-methyl/N-ethyl adjacent to an activating group) is 1. The molecule has 6 nitrogen and oxygen atoms in total. The SMILES string of the molecule is Cc1cc(CCCc2ccccc2)oc(=O)c1C(=O)NC1CCN(C)C1=O. The largest absolute Gasteiger partial charge is 0.427 e. The van der Waals surface area contributed by atoms with Crippen molar-refractivity contribution in [2.45, 2.75) is 38.6 Å². The van der Waals surface area contributed by atoms with Crippen LogP contribution in [0, 0.1) is 6.92 Å². The molecule has 1 fully saturated rings. The molecule has 0 aliphatic carbocycles. The van der Waals surface area contributed by atoms with Gasteiger partial charge in [0.25, 0.3) is 5.91 Å². The lowest BCUT2D eigenvalue weighted by molar-refractivity contribution is -0.128. The fourth-order valence-electron chi connectivity index (χ4n) is 3.37. The molecule has 2 amide bonds. The van der Waals surface area contributed by atoms with E-state index in [1.807, 2.05) is 18.2 Å². The van der Waals surface area contributed by atoms with Gasteiger partial charge in [-0.1, -0.05) is 30.3 Å². The number of hydrogen-bond acceptors (Lipinski definition) is 4. The van der Waals surface area contributed by atoms with Crippen molar-refractivity contribution in [3.8, 4) is 0 Å². The van der Waals surface area contributed by atoms with Crippen molar-refractivity contribution in [3.63, 3.8) is 0 Å². The summed E-state index contributed by atoms with van der Waals surface area (Å²) < 4.78 is 5.35. The van der Waals surface area contributed by atoms with E-state index < -0.39 is 17.6 Å². The summed E-state index contributed by atoms with van der Waals surface area (Å²) in [5.41, 5.74) is 1.13. The second-order valence-corrected chi connectivity index (χ2v) is 6.97. The monoisotopic (exact) mass is 368 g/mol. The van der Waals surface area contributed by atoms with Crippen molar-refractivity contribution in [1.82, 2.24) is 10.2 Å². The first-order valence-electron chi connectivity index (χ1n) is 9.19. The van der Waals surface area contributed by atoms with Gasteiger partial charge in [0, 0.05) is 20.0 Å². The summed E-state index contributed by atoms with van der Waals surface area (Å²) in [7, 11) is 1.69. The molecule has 1 saturated heterocycles. The summed E-state index contributed by atoms with van der Waals surface area (Å²) in [5, 5.41) is 2.65. The smallest absolute Gasteiger partial charge is 0.349 e. The van der Waals surface area contributed by atoms with Gasteiger partial charge < -0.3 is 14.6 Å². The number of carbonyl (C=O) groups is 2. The third kappa shape index (κ3) is 4.45. The molecule has 27 heavy (non-hydrogen) atoms. The van der Waals surface area contributed by atoms with Crippen molar-refractivity contribution in [2.24, 2.45) is 0 Å². The Kier molecular flexibility index (Phi) is 5.74. The molecular formula is C21H24N2O4. The predicted molar refractivity (Wildman–Crippen MR) is 102 cm³/mol. The molecule has 0 bridgehead atoms. The summed E-state index contributed by atoms with van der Waals surface area (Å²) in [5.74, 6) is -0.115. The fraction of sp³-hybridized carbons (Fsp3) is 0.381. The van der Waals surface area contributed by atoms with E-state index in [1.165, 1.54) is 5.56 Å². The molecule has 2 heterocycles. The van der Waals surface area contributed by atoms with Gasteiger partial charge >= 0.3 is 5.63 Å². The molecule has 1 aromatic carbocycles. The number of carbonyl (C=O) groups excluding carboxylic acids is 2. The van der Waals surface area contributed by atoms with Crippen LogP contribution in [0.1, 0.15) is 40.1 Å². The summed E-state index contributed by atoms with van der Waals surface area (Å²) >= 11 is 0. The molecule has 0 saturated carbocycles. The van der Waals surface area contributed by atoms with Crippen LogP contribution in [0.4, 0.5) is 0 Å². The summed E-state index contributed by atoms with van der Waals surface area (Å²) in [6, 6.07) is 11.3. The number of hydrogen-bond donors (Lipinski definition) is 1. The van der Waals surface area contributed by atoms with Crippen LogP contribution in [-0.2, 0) is 17.6 Å². The number of likely N-dealkylation sites (tertiary alicyclic amines) is 1. The molecule has 1 atom stereocenters. The van der Waals surface area contributed by atoms with Crippen molar-refractivity contribution in [1.29, 1.82) is 0 Å². The van der Waals surface area contributed by atoms with E-state index in [2.05, 4.69) is 17.4 Å². The van der Waals surface area contributed by atoms with Gasteiger partial charge in [-0.15, -0.1) is 0 Å². The van der Waals surface area contributed by atoms with Crippen molar-refractivity contribution in [2.75, 3.05) is 13.6 Å². The van der Waals surface area contributed by atoms with Gasteiger partial charge in [-0.25, -0.2) is 4.79 Å². The highest BCUT2D eigenvalue weighted by Gasteiger charge is 2.31. The molecule has 1 aromatic heterocycles. The molecule has 6 heteroatoms. The van der Waals surface area contributed by atoms with Gasteiger partial charge in [0.2, 0.25) is 5.91 Å². The Hall–Kier alpha value is -2.89. The Labute approximate surface area is 158 Å². The van der Waals surface area contributed by atoms with Gasteiger partial charge in [-0.3, -0.25) is 9.59 Å². The maximum Gasteiger partial charge on any atom is 0.349 e. The Morgan fingerprint density at radius 2 is 1.96 bits per heavy atom. The summed E-state index contributed by atoms with van der Waals surface area (Å²) in [6.45, 7) is 2.31. The maximum atomic E-state index is 12.5. The van der Waals surface area contributed by atoms with Gasteiger partial charge in [0.1, 0.15) is 17.4 Å². The molecule has 2 aromatic rings. The first kappa shape index (κ1) is 18.9. The molecule has 1 aliphatic heterocycles. The van der Waals surface area contributed by atoms with Crippen LogP contribution in [-0.4, -0.2) is 36.3 Å². The van der Waals surface area contributed by atoms with Crippen molar-refractivity contribution >= 4 is 11.8 Å². The molecule has 142 valence electrons. The molecule has 1 aliphatic rings. The standard InChI is InChI=1S/C21H24N2O4/c1-14-13-16(10-6-9-15-7-4-3-5-8-15)27-21(26)18(14)19(24)22-17-11-12-23(2)20(17)25/h3-5,7-8,13,17H,6,9-12H2,1-2H3,(H,22,24). The topological polar surface area (TPSA) is 79.6 Å². The third-order valence-electron chi connectivity index (χ3n) is 4.89. The number of nitrogens with one attached hydrogen (secondary N) is 1. The van der Waals surface area contributed by atoms with E-state index in [4.69, 9.17) is 4.42 Å². The number of benzene rings is 1. The maximum absolute atomic E-state index is 12.5. The predicted octanol–water partition coefficient (Wildman–Crippen LogP) is 2.08. The molecule has 1 N–H and O–H groups in total. The van der Waals surface area contributed by atoms with E-state index in [9.17, 15) is 14.4 Å². The highest BCUT2D eigenvalue weighted by Crippen LogP contribution is 2.13. The highest BCUT2D eigenvalue weighted by atomic mass is 16.4. The normalized spacial score (nSPS) is 16.6. The molecule has 0 spiro atoms. The minimum atomic E-state index is -0.652. The van der Waals surface area contributed by atoms with Crippen molar-refractivity contribution in [3.05, 3.63) is 69.3 Å². The first-order chi connectivity index (χ1) is 13.0. The molecule has 3 rings (SSSR count). The summed E-state index contributed by atoms with van der Waals surface area (Å²) in [6.07, 6.45) is 2.91. The average Bonchev–Trinajstić information content (AvgIpc) is 2.94. The van der Waals surface area contributed by atoms with E-state index in [-0.39, 0.29) is 11.5 Å². The Morgan fingerprint density at radius 3 is 2.59 bits per heavy atom. The van der Waals surface area contributed by atoms with Crippen LogP contribution < -0.4 is 10.9 Å². The average molecular weight is 368 g/mol. The zero-order valence-electron chi connectivity index (χ0n) is 15.7. The molecular weight excluding hydrogens is 344 g/mol. The van der Waals surface area contributed by atoms with Crippen LogP contribution in [0.5, 0.6) is 0 Å². The lowest BCUT2D eigenvalue weighted by atomic mass is 10.1. The quantitative estimate of drug-likeness (QED) is 0.847. The summed E-state index contributed by atoms with van der Waals surface area (Å²) in [4.78, 5) is 38.3. The van der Waals surface area contributed by atoms with Crippen LogP contribution in [0.2, 0.25) is 0 Å². The zero-order chi connectivity index (χ0) is 19.4. The third-order valence-corrected chi connectivity index (χ3v) is 4.89. The van der Waals surface area contributed by atoms with Gasteiger partial charge in [0.05, 0.1) is 0 Å². The highest BCUT2D eigenvalue weighted by molar-refractivity contribution is 5.98. The number of rotatable bonds is 6. The second kappa shape index (κ2) is 8.20. The minimum absolute atomic E-state index is 0.0239. The Bertz CT molecular complexity index is 889. The molecule has 1 unspecified atom stereocenters. The van der Waals surface area contributed by atoms with Gasteiger partial charge in [-0.05, 0) is 43.4 Å². The lowest BCUT2D eigenvalue weighted by Crippen LogP contribution is -2.42. The van der Waals surface area contributed by atoms with E-state index in [1.54, 1.807) is 24.9 Å². The Balaban J connectivity index is 1.65. The first-order valence-corrected chi connectivity index (χ1v) is 9.19. The number of aryl methyl sites for hydroxylation is 3. The van der Waals surface area contributed by atoms with E-state index in [0.29, 0.717) is 30.7 Å². The zero-order valence-corrected chi connectivity index (χ0v) is 15.7. The van der Waals surface area contributed by atoms with Crippen LogP contribution in [0.15, 0.2) is 45.6 Å². The van der Waals surface area contributed by atoms with Gasteiger partial charge in [-0.2, -0.15) is 0 Å². The van der Waals surface area contributed by atoms with Crippen LogP contribution in [0.25, 0.3) is 0 Å². The van der Waals surface area contributed by atoms with Gasteiger partial charge in [0.15, 0.2) is 0 Å². The van der Waals surface area contributed by atoms with Crippen molar-refractivity contribution < 1.29 is 14.0 Å². The molecule has 0 radical (unpaired) electrons. The van der Waals surface area contributed by atoms with Crippen LogP contribution in [0.3, 0.4) is 0 Å².